The van der Waals surface area contributed by atoms with Crippen LogP contribution < -0.4 is 5.32 Å². The Morgan fingerprint density at radius 2 is 2.60 bits per heavy atom. The SMILES string of the molecule is Cc1cc(C(=O)NC[C@H]2CCOC2)no1. The summed E-state index contributed by atoms with van der Waals surface area (Å²) in [7, 11) is 0. The molecule has 15 heavy (non-hydrogen) atoms. The summed E-state index contributed by atoms with van der Waals surface area (Å²) in [6.07, 6.45) is 1.01. The van der Waals surface area contributed by atoms with E-state index in [-0.39, 0.29) is 5.91 Å². The second-order valence-corrected chi connectivity index (χ2v) is 3.76. The highest BCUT2D eigenvalue weighted by Crippen LogP contribution is 2.11. The quantitative estimate of drug-likeness (QED) is 0.799. The lowest BCUT2D eigenvalue weighted by atomic mass is 10.1. The van der Waals surface area contributed by atoms with Crippen LogP contribution in [0.4, 0.5) is 0 Å². The smallest absolute Gasteiger partial charge is 0.273 e. The molecule has 0 saturated carbocycles. The van der Waals surface area contributed by atoms with Gasteiger partial charge >= 0.3 is 0 Å². The number of aryl methyl sites for hydroxylation is 1. The first-order valence-corrected chi connectivity index (χ1v) is 5.05. The highest BCUT2D eigenvalue weighted by Gasteiger charge is 2.17. The Kier molecular flexibility index (Phi) is 3.01. The third kappa shape index (κ3) is 2.56. The van der Waals surface area contributed by atoms with Crippen LogP contribution in [0.5, 0.6) is 0 Å². The molecule has 1 atom stereocenters. The van der Waals surface area contributed by atoms with Gasteiger partial charge in [-0.15, -0.1) is 0 Å². The molecule has 0 aromatic carbocycles. The maximum absolute atomic E-state index is 11.5. The first kappa shape index (κ1) is 10.2. The van der Waals surface area contributed by atoms with Crippen molar-refractivity contribution in [1.82, 2.24) is 10.5 Å². The molecule has 1 fully saturated rings. The molecule has 2 heterocycles. The zero-order valence-electron chi connectivity index (χ0n) is 8.66. The van der Waals surface area contributed by atoms with Crippen molar-refractivity contribution < 1.29 is 14.1 Å². The van der Waals surface area contributed by atoms with Gasteiger partial charge in [-0.25, -0.2) is 0 Å². The third-order valence-corrected chi connectivity index (χ3v) is 2.44. The van der Waals surface area contributed by atoms with E-state index < -0.39 is 0 Å². The van der Waals surface area contributed by atoms with Gasteiger partial charge < -0.3 is 14.6 Å². The van der Waals surface area contributed by atoms with E-state index >= 15 is 0 Å². The van der Waals surface area contributed by atoms with Crippen LogP contribution in [0.25, 0.3) is 0 Å². The van der Waals surface area contributed by atoms with Crippen molar-refractivity contribution in [2.75, 3.05) is 19.8 Å². The average Bonchev–Trinajstić information content (AvgIpc) is 2.84. The van der Waals surface area contributed by atoms with Crippen molar-refractivity contribution >= 4 is 5.91 Å². The minimum Gasteiger partial charge on any atom is -0.381 e. The molecule has 1 amide bonds. The molecular formula is C10H14N2O3. The Morgan fingerprint density at radius 3 is 3.20 bits per heavy atom. The zero-order valence-corrected chi connectivity index (χ0v) is 8.66. The molecule has 1 aliphatic rings. The molecule has 0 bridgehead atoms. The molecule has 2 rings (SSSR count). The molecule has 0 aliphatic carbocycles. The van der Waals surface area contributed by atoms with E-state index in [1.165, 1.54) is 0 Å². The van der Waals surface area contributed by atoms with Gasteiger partial charge in [0.05, 0.1) is 6.61 Å². The Bertz CT molecular complexity index is 342. The van der Waals surface area contributed by atoms with Gasteiger partial charge in [-0.2, -0.15) is 0 Å². The molecule has 0 spiro atoms. The number of hydrogen-bond donors (Lipinski definition) is 1. The minimum atomic E-state index is -0.182. The summed E-state index contributed by atoms with van der Waals surface area (Å²) in [5.41, 5.74) is 0.339. The topological polar surface area (TPSA) is 64.4 Å². The maximum atomic E-state index is 11.5. The highest BCUT2D eigenvalue weighted by atomic mass is 16.5. The van der Waals surface area contributed by atoms with Crippen molar-refractivity contribution in [2.24, 2.45) is 5.92 Å². The van der Waals surface area contributed by atoms with Crippen LogP contribution >= 0.6 is 0 Å². The second kappa shape index (κ2) is 4.44. The van der Waals surface area contributed by atoms with Gasteiger partial charge in [0.25, 0.3) is 5.91 Å². The van der Waals surface area contributed by atoms with Crippen molar-refractivity contribution in [3.8, 4) is 0 Å². The van der Waals surface area contributed by atoms with E-state index in [9.17, 15) is 4.79 Å². The van der Waals surface area contributed by atoms with Gasteiger partial charge in [-0.3, -0.25) is 4.79 Å². The highest BCUT2D eigenvalue weighted by molar-refractivity contribution is 5.92. The summed E-state index contributed by atoms with van der Waals surface area (Å²) in [5, 5.41) is 6.46. The first-order chi connectivity index (χ1) is 7.25. The molecule has 1 aliphatic heterocycles. The minimum absolute atomic E-state index is 0.182. The standard InChI is InChI=1S/C10H14N2O3/c1-7-4-9(12-15-7)10(13)11-5-8-2-3-14-6-8/h4,8H,2-3,5-6H2,1H3,(H,11,13)/t8-/m1/s1. The third-order valence-electron chi connectivity index (χ3n) is 2.44. The van der Waals surface area contributed by atoms with Crippen molar-refractivity contribution in [2.45, 2.75) is 13.3 Å². The first-order valence-electron chi connectivity index (χ1n) is 5.05. The normalized spacial score (nSPS) is 20.5. The van der Waals surface area contributed by atoms with E-state index in [1.807, 2.05) is 0 Å². The number of hydrogen-bond acceptors (Lipinski definition) is 4. The summed E-state index contributed by atoms with van der Waals surface area (Å²) in [5.74, 6) is 0.894. The predicted octanol–water partition coefficient (Wildman–Crippen LogP) is 0.749. The molecule has 5 heteroatoms. The van der Waals surface area contributed by atoms with E-state index in [0.717, 1.165) is 19.6 Å². The number of amides is 1. The average molecular weight is 210 g/mol. The van der Waals surface area contributed by atoms with Crippen LogP contribution in [-0.4, -0.2) is 30.8 Å². The van der Waals surface area contributed by atoms with Crippen LogP contribution in [0.15, 0.2) is 10.6 Å². The number of rotatable bonds is 3. The lowest BCUT2D eigenvalue weighted by Crippen LogP contribution is -2.29. The molecule has 1 aromatic heterocycles. The van der Waals surface area contributed by atoms with Gasteiger partial charge in [0.2, 0.25) is 0 Å². The molecule has 82 valence electrons. The Balaban J connectivity index is 1.81. The predicted molar refractivity (Wildman–Crippen MR) is 52.5 cm³/mol. The molecule has 0 unspecified atom stereocenters. The molecule has 1 N–H and O–H groups in total. The maximum Gasteiger partial charge on any atom is 0.273 e. The zero-order chi connectivity index (χ0) is 10.7. The van der Waals surface area contributed by atoms with Gasteiger partial charge in [0.15, 0.2) is 5.69 Å². The molecular weight excluding hydrogens is 196 g/mol. The fourth-order valence-corrected chi connectivity index (χ4v) is 1.55. The summed E-state index contributed by atoms with van der Waals surface area (Å²) >= 11 is 0. The van der Waals surface area contributed by atoms with E-state index in [4.69, 9.17) is 9.26 Å². The van der Waals surface area contributed by atoms with E-state index in [2.05, 4.69) is 10.5 Å². The summed E-state index contributed by atoms with van der Waals surface area (Å²) in [6.45, 7) is 3.93. The Labute approximate surface area is 87.8 Å². The number of aromatic nitrogens is 1. The van der Waals surface area contributed by atoms with Crippen LogP contribution in [0, 0.1) is 12.8 Å². The van der Waals surface area contributed by atoms with Crippen molar-refractivity contribution in [3.05, 3.63) is 17.5 Å². The number of nitrogens with zero attached hydrogens (tertiary/aromatic N) is 1. The Morgan fingerprint density at radius 1 is 1.73 bits per heavy atom. The fourth-order valence-electron chi connectivity index (χ4n) is 1.55. The molecule has 1 aromatic rings. The van der Waals surface area contributed by atoms with Crippen LogP contribution in [0.1, 0.15) is 22.7 Å². The van der Waals surface area contributed by atoms with Gasteiger partial charge in [-0.1, -0.05) is 5.16 Å². The summed E-state index contributed by atoms with van der Waals surface area (Å²) in [6, 6.07) is 1.63. The van der Waals surface area contributed by atoms with Crippen molar-refractivity contribution in [3.63, 3.8) is 0 Å². The summed E-state index contributed by atoms with van der Waals surface area (Å²) in [4.78, 5) is 11.5. The molecule has 0 radical (unpaired) electrons. The largest absolute Gasteiger partial charge is 0.381 e. The van der Waals surface area contributed by atoms with Gasteiger partial charge in [-0.05, 0) is 13.3 Å². The van der Waals surface area contributed by atoms with E-state index in [1.54, 1.807) is 13.0 Å². The van der Waals surface area contributed by atoms with Gasteiger partial charge in [0.1, 0.15) is 5.76 Å². The van der Waals surface area contributed by atoms with Gasteiger partial charge in [0, 0.05) is 25.1 Å². The van der Waals surface area contributed by atoms with Crippen molar-refractivity contribution in [1.29, 1.82) is 0 Å². The van der Waals surface area contributed by atoms with Crippen LogP contribution in [0.3, 0.4) is 0 Å². The molecule has 5 nitrogen and oxygen atoms in total. The van der Waals surface area contributed by atoms with Crippen LogP contribution in [0.2, 0.25) is 0 Å². The fraction of sp³-hybridized carbons (Fsp3) is 0.600. The summed E-state index contributed by atoms with van der Waals surface area (Å²) < 4.78 is 10.0. The number of ether oxygens (including phenoxy) is 1. The Hall–Kier alpha value is -1.36. The molecule has 1 saturated heterocycles. The number of carbonyl (C=O) groups excluding carboxylic acids is 1. The lowest BCUT2D eigenvalue weighted by molar-refractivity contribution is 0.0936. The lowest BCUT2D eigenvalue weighted by Gasteiger charge is -2.07. The number of nitrogens with one attached hydrogen (secondary N) is 1. The number of carbonyl (C=O) groups is 1. The monoisotopic (exact) mass is 210 g/mol. The second-order valence-electron chi connectivity index (χ2n) is 3.76. The van der Waals surface area contributed by atoms with E-state index in [0.29, 0.717) is 23.9 Å². The van der Waals surface area contributed by atoms with Crippen LogP contribution in [-0.2, 0) is 4.74 Å².